The second-order valence-electron chi connectivity index (χ2n) is 3.23. The van der Waals surface area contributed by atoms with Crippen molar-refractivity contribution >= 4 is 39.1 Å². The van der Waals surface area contributed by atoms with Crippen molar-refractivity contribution in [2.45, 2.75) is 27.7 Å². The van der Waals surface area contributed by atoms with Gasteiger partial charge in [-0.05, 0) is 27.7 Å². The fourth-order valence-electron chi connectivity index (χ4n) is 0.967. The van der Waals surface area contributed by atoms with Gasteiger partial charge in [0.25, 0.3) is 10.0 Å². The summed E-state index contributed by atoms with van der Waals surface area (Å²) in [4.78, 5) is 0. The molecule has 2 unspecified atom stereocenters. The quantitative estimate of drug-likeness (QED) is 0.152. The van der Waals surface area contributed by atoms with E-state index >= 15 is 0 Å². The van der Waals surface area contributed by atoms with Crippen LogP contribution in [0.5, 0.6) is 0 Å². The summed E-state index contributed by atoms with van der Waals surface area (Å²) >= 11 is 0. The Bertz CT molecular complexity index is 203. The van der Waals surface area contributed by atoms with Crippen molar-refractivity contribution < 1.29 is 35.1 Å². The van der Waals surface area contributed by atoms with Crippen molar-refractivity contribution in [1.29, 1.82) is 0 Å². The highest BCUT2D eigenvalue weighted by Crippen LogP contribution is 2.00. The van der Waals surface area contributed by atoms with Crippen LogP contribution in [0.25, 0.3) is 0 Å². The summed E-state index contributed by atoms with van der Waals surface area (Å²) in [6.07, 6.45) is 0. The van der Waals surface area contributed by atoms with Gasteiger partial charge in [-0.15, -0.1) is 0 Å². The van der Waals surface area contributed by atoms with Gasteiger partial charge in [0.15, 0.2) is 0 Å². The molecule has 0 aromatic carbocycles. The highest BCUT2D eigenvalue weighted by molar-refractivity contribution is 6.55. The smallest absolute Gasteiger partial charge is 0.401 e. The van der Waals surface area contributed by atoms with E-state index < -0.39 is 39.1 Å². The molecule has 0 amide bonds. The zero-order chi connectivity index (χ0) is 15.1. The second-order valence-corrected chi connectivity index (χ2v) is 9.19. The van der Waals surface area contributed by atoms with Crippen LogP contribution in [-0.2, 0) is 35.1 Å². The van der Waals surface area contributed by atoms with Crippen molar-refractivity contribution in [2.24, 2.45) is 0 Å². The molecular formula is C8H26O8Si4. The van der Waals surface area contributed by atoms with Gasteiger partial charge in [0.2, 0.25) is 0 Å². The number of rotatable bonds is 15. The molecule has 0 aliphatic carbocycles. The van der Waals surface area contributed by atoms with E-state index in [0.717, 1.165) is 0 Å². The summed E-state index contributed by atoms with van der Waals surface area (Å²) in [6, 6.07) is 0. The molecule has 0 rings (SSSR count). The summed E-state index contributed by atoms with van der Waals surface area (Å²) in [5, 5.41) is 0. The first-order valence-corrected chi connectivity index (χ1v) is 11.9. The average Bonchev–Trinajstić information content (AvgIpc) is 2.44. The van der Waals surface area contributed by atoms with Gasteiger partial charge >= 0.3 is 29.1 Å². The van der Waals surface area contributed by atoms with E-state index in [2.05, 4.69) is 0 Å². The Morgan fingerprint density at radius 3 is 1.95 bits per heavy atom. The Labute approximate surface area is 128 Å². The van der Waals surface area contributed by atoms with E-state index in [-0.39, 0.29) is 0 Å². The molecule has 2 atom stereocenters. The van der Waals surface area contributed by atoms with Crippen LogP contribution < -0.4 is 0 Å². The van der Waals surface area contributed by atoms with Crippen LogP contribution in [0.2, 0.25) is 0 Å². The zero-order valence-corrected chi connectivity index (χ0v) is 17.8. The Morgan fingerprint density at radius 1 is 0.750 bits per heavy atom. The van der Waals surface area contributed by atoms with Gasteiger partial charge in [-0.2, -0.15) is 0 Å². The molecule has 0 fully saturated rings. The van der Waals surface area contributed by atoms with Crippen molar-refractivity contribution in [3.05, 3.63) is 0 Å². The first-order chi connectivity index (χ1) is 9.78. The molecule has 0 radical (unpaired) electrons. The Morgan fingerprint density at radius 2 is 1.35 bits per heavy atom. The molecule has 8 nitrogen and oxygen atoms in total. The molecule has 20 heavy (non-hydrogen) atoms. The van der Waals surface area contributed by atoms with Crippen LogP contribution in [-0.4, -0.2) is 65.5 Å². The fourth-order valence-corrected chi connectivity index (χ4v) is 6.41. The van der Waals surface area contributed by atoms with Gasteiger partial charge in [0.1, 0.15) is 0 Å². The van der Waals surface area contributed by atoms with E-state index in [1.165, 1.54) is 0 Å². The first kappa shape index (κ1) is 20.5. The summed E-state index contributed by atoms with van der Waals surface area (Å²) < 4.78 is 42.6. The molecule has 0 aromatic heterocycles. The van der Waals surface area contributed by atoms with E-state index in [1.807, 2.05) is 27.7 Å². The zero-order valence-electron chi connectivity index (χ0n) is 12.7. The molecule has 0 aliphatic heterocycles. The molecule has 0 spiro atoms. The maximum atomic E-state index is 5.64. The maximum Gasteiger partial charge on any atom is 0.505 e. The first-order valence-electron chi connectivity index (χ1n) is 6.72. The minimum absolute atomic E-state index is 0.479. The predicted molar refractivity (Wildman–Crippen MR) is 82.2 cm³/mol. The molecule has 12 heteroatoms. The van der Waals surface area contributed by atoms with Gasteiger partial charge in [-0.1, -0.05) is 0 Å². The standard InChI is InChI=1S/C8H26O8Si4/c1-5-9-17-13-14-19(11-7-3)16-20(12-8-4)15-18-10-6-2/h19-20H,5-8,17-18H2,1-4H3. The minimum atomic E-state index is -2.41. The lowest BCUT2D eigenvalue weighted by Gasteiger charge is -2.21. The monoisotopic (exact) mass is 362 g/mol. The van der Waals surface area contributed by atoms with Crippen molar-refractivity contribution in [3.8, 4) is 0 Å². The van der Waals surface area contributed by atoms with Crippen LogP contribution in [0.4, 0.5) is 0 Å². The Kier molecular flexibility index (Phi) is 16.4. The maximum absolute atomic E-state index is 5.64. The lowest BCUT2D eigenvalue weighted by atomic mass is 10.9. The number of hydrogen-bond donors (Lipinski definition) is 0. The largest absolute Gasteiger partial charge is 0.505 e. The summed E-state index contributed by atoms with van der Waals surface area (Å²) in [6.45, 7) is 9.79. The van der Waals surface area contributed by atoms with Crippen LogP contribution in [0.3, 0.4) is 0 Å². The van der Waals surface area contributed by atoms with Crippen LogP contribution in [0, 0.1) is 0 Å². The molecule has 0 aliphatic rings. The minimum Gasteiger partial charge on any atom is -0.401 e. The topological polar surface area (TPSA) is 73.8 Å². The SMILES string of the molecule is CCO[SiH2]OO[SiH](OCC)O[SiH](OCC)O[SiH2]OCC. The third kappa shape index (κ3) is 12.3. The van der Waals surface area contributed by atoms with Gasteiger partial charge in [0, 0.05) is 26.4 Å². The summed E-state index contributed by atoms with van der Waals surface area (Å²) in [5.41, 5.74) is 0. The van der Waals surface area contributed by atoms with Crippen LogP contribution >= 0.6 is 0 Å². The van der Waals surface area contributed by atoms with E-state index in [0.29, 0.717) is 26.4 Å². The van der Waals surface area contributed by atoms with Gasteiger partial charge < -0.3 is 25.9 Å². The highest BCUT2D eigenvalue weighted by atomic mass is 28.4. The summed E-state index contributed by atoms with van der Waals surface area (Å²) in [7, 11) is -6.89. The summed E-state index contributed by atoms with van der Waals surface area (Å²) in [5.74, 6) is 0. The predicted octanol–water partition coefficient (Wildman–Crippen LogP) is -1.45. The molecule has 0 heterocycles. The Hall–Kier alpha value is 0.548. The van der Waals surface area contributed by atoms with Crippen molar-refractivity contribution in [2.75, 3.05) is 26.4 Å². The normalized spacial score (nSPS) is 15.6. The third-order valence-corrected chi connectivity index (χ3v) is 8.37. The van der Waals surface area contributed by atoms with Crippen LogP contribution in [0.1, 0.15) is 27.7 Å². The van der Waals surface area contributed by atoms with Gasteiger partial charge in [0.05, 0.1) is 0 Å². The second kappa shape index (κ2) is 15.9. The van der Waals surface area contributed by atoms with Gasteiger partial charge in [-0.25, -0.2) is 4.58 Å². The van der Waals surface area contributed by atoms with Crippen molar-refractivity contribution in [1.82, 2.24) is 0 Å². The molecule has 0 saturated heterocycles. The average molecular weight is 363 g/mol. The lowest BCUT2D eigenvalue weighted by molar-refractivity contribution is -0.156. The molecule has 0 bridgehead atoms. The lowest BCUT2D eigenvalue weighted by Crippen LogP contribution is -2.40. The van der Waals surface area contributed by atoms with Crippen molar-refractivity contribution in [3.63, 3.8) is 0 Å². The van der Waals surface area contributed by atoms with E-state index in [4.69, 9.17) is 35.1 Å². The van der Waals surface area contributed by atoms with E-state index in [1.54, 1.807) is 0 Å². The van der Waals surface area contributed by atoms with Gasteiger partial charge in [-0.3, -0.25) is 4.58 Å². The highest BCUT2D eigenvalue weighted by Gasteiger charge is 2.26. The molecular weight excluding hydrogens is 336 g/mol. The number of hydrogen-bond acceptors (Lipinski definition) is 8. The van der Waals surface area contributed by atoms with Crippen LogP contribution in [0.15, 0.2) is 0 Å². The van der Waals surface area contributed by atoms with E-state index in [9.17, 15) is 0 Å². The third-order valence-electron chi connectivity index (χ3n) is 1.80. The molecule has 122 valence electrons. The fraction of sp³-hybridized carbons (Fsp3) is 1.00. The Balaban J connectivity index is 4.04. The molecule has 0 N–H and O–H groups in total. The molecule has 0 aromatic rings. The molecule has 0 saturated carbocycles.